The van der Waals surface area contributed by atoms with Crippen molar-refractivity contribution in [3.63, 3.8) is 0 Å². The van der Waals surface area contributed by atoms with E-state index in [9.17, 15) is 18.0 Å². The number of benzene rings is 1. The highest BCUT2D eigenvalue weighted by Gasteiger charge is 2.27. The van der Waals surface area contributed by atoms with Gasteiger partial charge in [0.05, 0.1) is 6.04 Å². The maximum absolute atomic E-state index is 14.0. The molecule has 4 nitrogen and oxygen atoms in total. The number of halogens is 3. The predicted octanol–water partition coefficient (Wildman–Crippen LogP) is 3.38. The van der Waals surface area contributed by atoms with Crippen LogP contribution in [0.15, 0.2) is 12.1 Å². The molecule has 0 spiro atoms. The number of carbonyl (C=O) groups excluding carboxylic acids is 1. The van der Waals surface area contributed by atoms with Gasteiger partial charge in [-0.05, 0) is 46.3 Å². The molecule has 7 heteroatoms. The van der Waals surface area contributed by atoms with E-state index in [4.69, 9.17) is 4.74 Å². The van der Waals surface area contributed by atoms with Crippen molar-refractivity contribution in [3.05, 3.63) is 35.1 Å². The minimum Gasteiger partial charge on any atom is -0.444 e. The van der Waals surface area contributed by atoms with Gasteiger partial charge in [0.2, 0.25) is 0 Å². The lowest BCUT2D eigenvalue weighted by atomic mass is 10.0. The Balaban J connectivity index is 2.20. The van der Waals surface area contributed by atoms with Gasteiger partial charge in [-0.15, -0.1) is 0 Å². The molecule has 23 heavy (non-hydrogen) atoms. The van der Waals surface area contributed by atoms with Crippen molar-refractivity contribution in [2.24, 2.45) is 0 Å². The summed E-state index contributed by atoms with van der Waals surface area (Å²) in [5.74, 6) is -3.31. The van der Waals surface area contributed by atoms with Crippen LogP contribution in [-0.2, 0) is 4.74 Å². The zero-order chi connectivity index (χ0) is 17.2. The van der Waals surface area contributed by atoms with Crippen LogP contribution in [0.5, 0.6) is 0 Å². The molecule has 1 aliphatic rings. The van der Waals surface area contributed by atoms with Gasteiger partial charge in [-0.3, -0.25) is 0 Å². The molecule has 0 unspecified atom stereocenters. The molecule has 1 aromatic rings. The van der Waals surface area contributed by atoms with E-state index in [2.05, 4.69) is 5.32 Å². The molecular weight excluding hydrogens is 309 g/mol. The van der Waals surface area contributed by atoms with Crippen LogP contribution in [0, 0.1) is 17.5 Å². The molecule has 2 rings (SSSR count). The lowest BCUT2D eigenvalue weighted by Gasteiger charge is -2.34. The summed E-state index contributed by atoms with van der Waals surface area (Å²) in [6.45, 7) is 7.05. The average Bonchev–Trinajstić information content (AvgIpc) is 2.34. The summed E-state index contributed by atoms with van der Waals surface area (Å²) in [6.07, 6.45) is 0.284. The second-order valence-corrected chi connectivity index (χ2v) is 6.64. The second kappa shape index (κ2) is 6.78. The van der Waals surface area contributed by atoms with Gasteiger partial charge in [-0.2, -0.15) is 0 Å². The smallest absolute Gasteiger partial charge is 0.408 e. The van der Waals surface area contributed by atoms with E-state index in [1.165, 1.54) is 0 Å². The summed E-state index contributed by atoms with van der Waals surface area (Å²) in [5, 5.41) is 2.54. The number of amides is 1. The number of carbonyl (C=O) groups is 1. The molecular formula is C16H21F3N2O2. The fourth-order valence-corrected chi connectivity index (χ4v) is 2.30. The summed E-state index contributed by atoms with van der Waals surface area (Å²) in [5.41, 5.74) is -0.806. The van der Waals surface area contributed by atoms with Crippen LogP contribution in [0.4, 0.5) is 18.0 Å². The molecule has 0 bridgehead atoms. The van der Waals surface area contributed by atoms with Gasteiger partial charge < -0.3 is 15.0 Å². The van der Waals surface area contributed by atoms with Crippen molar-refractivity contribution < 1.29 is 22.7 Å². The molecule has 1 atom stereocenters. The highest BCUT2D eigenvalue weighted by molar-refractivity contribution is 5.68. The average molecular weight is 330 g/mol. The molecule has 1 heterocycles. The third-order valence-corrected chi connectivity index (χ3v) is 3.50. The third kappa shape index (κ3) is 4.86. The lowest BCUT2D eigenvalue weighted by molar-refractivity contribution is 0.0477. The Morgan fingerprint density at radius 2 is 1.83 bits per heavy atom. The normalized spacial score (nSPS) is 16.6. The lowest BCUT2D eigenvalue weighted by Crippen LogP contribution is -2.45. The van der Waals surface area contributed by atoms with Crippen LogP contribution >= 0.6 is 0 Å². The summed E-state index contributed by atoms with van der Waals surface area (Å²) < 4.78 is 45.8. The number of nitrogens with zero attached hydrogens (tertiary/aromatic N) is 1. The molecule has 0 radical (unpaired) electrons. The van der Waals surface area contributed by atoms with Gasteiger partial charge >= 0.3 is 6.09 Å². The van der Waals surface area contributed by atoms with E-state index >= 15 is 0 Å². The molecule has 1 N–H and O–H groups in total. The van der Waals surface area contributed by atoms with Gasteiger partial charge in [-0.25, -0.2) is 18.0 Å². The zero-order valence-electron chi connectivity index (χ0n) is 13.5. The van der Waals surface area contributed by atoms with Crippen molar-refractivity contribution in [3.8, 4) is 0 Å². The van der Waals surface area contributed by atoms with E-state index in [1.807, 2.05) is 4.90 Å². The highest BCUT2D eigenvalue weighted by atomic mass is 19.2. The van der Waals surface area contributed by atoms with Crippen LogP contribution in [-0.4, -0.2) is 36.2 Å². The SMILES string of the molecule is CC(C)(C)OC(=O)N[C@H](CN1CCC1)c1cc(F)c(F)cc1F. The Morgan fingerprint density at radius 1 is 1.22 bits per heavy atom. The van der Waals surface area contributed by atoms with Crippen LogP contribution in [0.2, 0.25) is 0 Å². The van der Waals surface area contributed by atoms with Gasteiger partial charge in [0.1, 0.15) is 11.4 Å². The monoisotopic (exact) mass is 330 g/mol. The maximum atomic E-state index is 14.0. The Kier molecular flexibility index (Phi) is 5.19. The minimum atomic E-state index is -1.26. The first kappa shape index (κ1) is 17.6. The van der Waals surface area contributed by atoms with E-state index in [-0.39, 0.29) is 5.56 Å². The number of likely N-dealkylation sites (tertiary alicyclic amines) is 1. The van der Waals surface area contributed by atoms with Crippen molar-refractivity contribution in [1.29, 1.82) is 0 Å². The van der Waals surface area contributed by atoms with Gasteiger partial charge in [0.15, 0.2) is 11.6 Å². The molecule has 0 aliphatic carbocycles. The highest BCUT2D eigenvalue weighted by Crippen LogP contribution is 2.23. The number of alkyl carbamates (subject to hydrolysis) is 1. The minimum absolute atomic E-state index is 0.0957. The third-order valence-electron chi connectivity index (χ3n) is 3.50. The fourth-order valence-electron chi connectivity index (χ4n) is 2.30. The Hall–Kier alpha value is -1.76. The number of ether oxygens (including phenoxy) is 1. The summed E-state index contributed by atoms with van der Waals surface area (Å²) in [4.78, 5) is 13.9. The zero-order valence-corrected chi connectivity index (χ0v) is 13.5. The van der Waals surface area contributed by atoms with E-state index in [0.717, 1.165) is 25.6 Å². The first-order chi connectivity index (χ1) is 10.7. The Morgan fingerprint density at radius 3 is 2.35 bits per heavy atom. The number of hydrogen-bond donors (Lipinski definition) is 1. The van der Waals surface area contributed by atoms with Crippen LogP contribution in [0.25, 0.3) is 0 Å². The molecule has 1 aromatic carbocycles. The summed E-state index contributed by atoms with van der Waals surface area (Å²) in [7, 11) is 0. The number of nitrogens with one attached hydrogen (secondary N) is 1. The first-order valence-electron chi connectivity index (χ1n) is 7.52. The van der Waals surface area contributed by atoms with Crippen LogP contribution in [0.1, 0.15) is 38.8 Å². The summed E-state index contributed by atoms with van der Waals surface area (Å²) >= 11 is 0. The molecule has 1 amide bonds. The fraction of sp³-hybridized carbons (Fsp3) is 0.562. The van der Waals surface area contributed by atoms with Crippen molar-refractivity contribution in [2.75, 3.05) is 19.6 Å². The van der Waals surface area contributed by atoms with E-state index in [0.29, 0.717) is 12.6 Å². The maximum Gasteiger partial charge on any atom is 0.408 e. The topological polar surface area (TPSA) is 41.6 Å². The first-order valence-corrected chi connectivity index (χ1v) is 7.52. The number of hydrogen-bond acceptors (Lipinski definition) is 3. The number of rotatable bonds is 4. The molecule has 1 fully saturated rings. The van der Waals surface area contributed by atoms with Gasteiger partial charge in [0, 0.05) is 18.2 Å². The molecule has 0 saturated carbocycles. The second-order valence-electron chi connectivity index (χ2n) is 6.64. The standard InChI is InChI=1S/C16H21F3N2O2/c1-16(2,3)23-15(22)20-14(9-21-5-4-6-21)10-7-12(18)13(19)8-11(10)17/h7-8,14H,4-6,9H2,1-3H3,(H,20,22)/t14-/m1/s1. The van der Waals surface area contributed by atoms with E-state index < -0.39 is 35.2 Å². The summed E-state index contributed by atoms with van der Waals surface area (Å²) in [6, 6.07) is 0.456. The van der Waals surface area contributed by atoms with Crippen molar-refractivity contribution in [2.45, 2.75) is 38.8 Å². The molecule has 1 saturated heterocycles. The van der Waals surface area contributed by atoms with Gasteiger partial charge in [0.25, 0.3) is 0 Å². The Bertz CT molecular complexity index is 583. The molecule has 0 aromatic heterocycles. The molecule has 1 aliphatic heterocycles. The van der Waals surface area contributed by atoms with Crippen LogP contribution < -0.4 is 5.32 Å². The Labute approximate surface area is 133 Å². The van der Waals surface area contributed by atoms with Crippen LogP contribution in [0.3, 0.4) is 0 Å². The van der Waals surface area contributed by atoms with Crippen molar-refractivity contribution in [1.82, 2.24) is 10.2 Å². The van der Waals surface area contributed by atoms with E-state index in [1.54, 1.807) is 20.8 Å². The predicted molar refractivity (Wildman–Crippen MR) is 79.5 cm³/mol. The van der Waals surface area contributed by atoms with Gasteiger partial charge in [-0.1, -0.05) is 0 Å². The largest absolute Gasteiger partial charge is 0.444 e. The quantitative estimate of drug-likeness (QED) is 0.861. The van der Waals surface area contributed by atoms with Crippen molar-refractivity contribution >= 4 is 6.09 Å². The molecule has 128 valence electrons.